The fourth-order valence-electron chi connectivity index (χ4n) is 2.10. The average molecular weight is 306 g/mol. The van der Waals surface area contributed by atoms with Gasteiger partial charge in [-0.05, 0) is 18.4 Å². The summed E-state index contributed by atoms with van der Waals surface area (Å²) in [6.07, 6.45) is 0.828. The van der Waals surface area contributed by atoms with Crippen LogP contribution in [0.25, 0.3) is 0 Å². The molecule has 122 valence electrons. The molecule has 5 nitrogen and oxygen atoms in total. The Labute approximate surface area is 132 Å². The summed E-state index contributed by atoms with van der Waals surface area (Å²) in [7, 11) is 0. The lowest BCUT2D eigenvalue weighted by molar-refractivity contribution is -0.144. The molecule has 0 bridgehead atoms. The number of carbonyl (C=O) groups excluding carboxylic acids is 2. The number of rotatable bonds is 8. The molecule has 0 aliphatic rings. The molecule has 0 radical (unpaired) electrons. The molecule has 1 aromatic rings. The SMILES string of the molecule is CCOC(=O)C(CNC(=O)C(N)C(C)CC)c1ccccc1. The first kappa shape index (κ1) is 18.2. The number of ether oxygens (including phenoxy) is 1. The summed E-state index contributed by atoms with van der Waals surface area (Å²) in [5.74, 6) is -1.00. The highest BCUT2D eigenvalue weighted by Crippen LogP contribution is 2.17. The molecule has 0 heterocycles. The van der Waals surface area contributed by atoms with Crippen molar-refractivity contribution in [3.8, 4) is 0 Å². The van der Waals surface area contributed by atoms with Crippen molar-refractivity contribution < 1.29 is 14.3 Å². The molecule has 3 atom stereocenters. The van der Waals surface area contributed by atoms with Crippen molar-refractivity contribution in [3.63, 3.8) is 0 Å². The first-order valence-electron chi connectivity index (χ1n) is 7.76. The zero-order chi connectivity index (χ0) is 16.5. The van der Waals surface area contributed by atoms with Crippen LogP contribution in [0.1, 0.15) is 38.7 Å². The van der Waals surface area contributed by atoms with Crippen LogP contribution in [0.4, 0.5) is 0 Å². The van der Waals surface area contributed by atoms with Gasteiger partial charge in [0.15, 0.2) is 0 Å². The van der Waals surface area contributed by atoms with Gasteiger partial charge in [-0.15, -0.1) is 0 Å². The van der Waals surface area contributed by atoms with E-state index in [1.807, 2.05) is 44.2 Å². The van der Waals surface area contributed by atoms with Crippen LogP contribution in [0.3, 0.4) is 0 Å². The maximum atomic E-state index is 12.1. The van der Waals surface area contributed by atoms with Crippen molar-refractivity contribution >= 4 is 11.9 Å². The topological polar surface area (TPSA) is 81.4 Å². The van der Waals surface area contributed by atoms with Crippen LogP contribution in [0.15, 0.2) is 30.3 Å². The van der Waals surface area contributed by atoms with E-state index in [0.717, 1.165) is 12.0 Å². The number of esters is 1. The van der Waals surface area contributed by atoms with Crippen molar-refractivity contribution in [3.05, 3.63) is 35.9 Å². The third kappa shape index (κ3) is 5.15. The standard InChI is InChI=1S/C17H26N2O3/c1-4-12(3)15(18)16(20)19-11-14(17(21)22-5-2)13-9-7-6-8-10-13/h6-10,12,14-15H,4-5,11,18H2,1-3H3,(H,19,20). The van der Waals surface area contributed by atoms with Gasteiger partial charge in [0.05, 0.1) is 18.6 Å². The predicted octanol–water partition coefficient (Wildman–Crippen LogP) is 1.82. The van der Waals surface area contributed by atoms with E-state index in [1.165, 1.54) is 0 Å². The van der Waals surface area contributed by atoms with Crippen LogP contribution >= 0.6 is 0 Å². The van der Waals surface area contributed by atoms with E-state index < -0.39 is 12.0 Å². The maximum Gasteiger partial charge on any atom is 0.315 e. The van der Waals surface area contributed by atoms with Crippen LogP contribution < -0.4 is 11.1 Å². The van der Waals surface area contributed by atoms with E-state index in [4.69, 9.17) is 10.5 Å². The third-order valence-corrected chi connectivity index (χ3v) is 3.81. The van der Waals surface area contributed by atoms with E-state index in [0.29, 0.717) is 6.61 Å². The van der Waals surface area contributed by atoms with Gasteiger partial charge in [0.2, 0.25) is 5.91 Å². The summed E-state index contributed by atoms with van der Waals surface area (Å²) >= 11 is 0. The highest BCUT2D eigenvalue weighted by molar-refractivity contribution is 5.83. The normalized spacial score (nSPS) is 14.7. The number of hydrogen-bond acceptors (Lipinski definition) is 4. The first-order valence-corrected chi connectivity index (χ1v) is 7.76. The van der Waals surface area contributed by atoms with E-state index in [-0.39, 0.29) is 24.3 Å². The fourth-order valence-corrected chi connectivity index (χ4v) is 2.10. The summed E-state index contributed by atoms with van der Waals surface area (Å²) < 4.78 is 5.10. The van der Waals surface area contributed by atoms with E-state index in [2.05, 4.69) is 5.32 Å². The second-order valence-corrected chi connectivity index (χ2v) is 5.37. The molecule has 1 aromatic carbocycles. The molecule has 0 fully saturated rings. The predicted molar refractivity (Wildman–Crippen MR) is 86.3 cm³/mol. The molecule has 22 heavy (non-hydrogen) atoms. The van der Waals surface area contributed by atoms with Gasteiger partial charge in [0, 0.05) is 6.54 Å². The molecule has 0 saturated carbocycles. The summed E-state index contributed by atoms with van der Waals surface area (Å²) in [4.78, 5) is 24.2. The van der Waals surface area contributed by atoms with Gasteiger partial charge in [-0.3, -0.25) is 9.59 Å². The Balaban J connectivity index is 2.74. The molecule has 1 amide bonds. The Kier molecular flexibility index (Phi) is 7.60. The van der Waals surface area contributed by atoms with Gasteiger partial charge >= 0.3 is 5.97 Å². The van der Waals surface area contributed by atoms with E-state index >= 15 is 0 Å². The van der Waals surface area contributed by atoms with Crippen LogP contribution in [0.2, 0.25) is 0 Å². The molecule has 1 rings (SSSR count). The van der Waals surface area contributed by atoms with Gasteiger partial charge in [0.1, 0.15) is 0 Å². The zero-order valence-electron chi connectivity index (χ0n) is 13.5. The van der Waals surface area contributed by atoms with Crippen LogP contribution in [-0.4, -0.2) is 31.1 Å². The highest BCUT2D eigenvalue weighted by Gasteiger charge is 2.25. The molecular formula is C17H26N2O3. The molecule has 3 unspecified atom stereocenters. The average Bonchev–Trinajstić information content (AvgIpc) is 2.54. The van der Waals surface area contributed by atoms with Crippen molar-refractivity contribution in [2.24, 2.45) is 11.7 Å². The van der Waals surface area contributed by atoms with Crippen molar-refractivity contribution in [2.45, 2.75) is 39.2 Å². The van der Waals surface area contributed by atoms with Crippen molar-refractivity contribution in [1.82, 2.24) is 5.32 Å². The van der Waals surface area contributed by atoms with E-state index in [9.17, 15) is 9.59 Å². The number of hydrogen-bond donors (Lipinski definition) is 2. The molecule has 5 heteroatoms. The van der Waals surface area contributed by atoms with Crippen LogP contribution in [0, 0.1) is 5.92 Å². The molecular weight excluding hydrogens is 280 g/mol. The Morgan fingerprint density at radius 3 is 2.41 bits per heavy atom. The number of nitrogens with one attached hydrogen (secondary N) is 1. The molecule has 0 aliphatic heterocycles. The summed E-state index contributed by atoms with van der Waals surface area (Å²) in [6.45, 7) is 6.18. The van der Waals surface area contributed by atoms with E-state index in [1.54, 1.807) is 6.92 Å². The molecule has 3 N–H and O–H groups in total. The second kappa shape index (κ2) is 9.20. The number of benzene rings is 1. The lowest BCUT2D eigenvalue weighted by Gasteiger charge is -2.21. The Morgan fingerprint density at radius 1 is 1.23 bits per heavy atom. The van der Waals surface area contributed by atoms with Gasteiger partial charge in [0.25, 0.3) is 0 Å². The van der Waals surface area contributed by atoms with Crippen molar-refractivity contribution in [2.75, 3.05) is 13.2 Å². The number of carbonyl (C=O) groups is 2. The minimum Gasteiger partial charge on any atom is -0.465 e. The fraction of sp³-hybridized carbons (Fsp3) is 0.529. The molecule has 0 spiro atoms. The minimum atomic E-state index is -0.566. The molecule has 0 saturated heterocycles. The smallest absolute Gasteiger partial charge is 0.315 e. The monoisotopic (exact) mass is 306 g/mol. The largest absolute Gasteiger partial charge is 0.465 e. The van der Waals surface area contributed by atoms with Crippen LogP contribution in [0.5, 0.6) is 0 Å². The summed E-state index contributed by atoms with van der Waals surface area (Å²) in [6, 6.07) is 8.72. The number of amides is 1. The maximum absolute atomic E-state index is 12.1. The van der Waals surface area contributed by atoms with Gasteiger partial charge in [-0.1, -0.05) is 50.6 Å². The quantitative estimate of drug-likeness (QED) is 0.718. The van der Waals surface area contributed by atoms with Gasteiger partial charge in [-0.2, -0.15) is 0 Å². The summed E-state index contributed by atoms with van der Waals surface area (Å²) in [5.41, 5.74) is 6.72. The molecule has 0 aromatic heterocycles. The number of nitrogens with two attached hydrogens (primary N) is 1. The van der Waals surface area contributed by atoms with Gasteiger partial charge in [-0.25, -0.2) is 0 Å². The lowest BCUT2D eigenvalue weighted by atomic mass is 9.97. The van der Waals surface area contributed by atoms with Crippen LogP contribution in [-0.2, 0) is 14.3 Å². The summed E-state index contributed by atoms with van der Waals surface area (Å²) in [5, 5.41) is 2.77. The Morgan fingerprint density at radius 2 is 1.86 bits per heavy atom. The zero-order valence-corrected chi connectivity index (χ0v) is 13.5. The minimum absolute atomic E-state index is 0.0952. The Hall–Kier alpha value is -1.88. The third-order valence-electron chi connectivity index (χ3n) is 3.81. The first-order chi connectivity index (χ1) is 10.5. The van der Waals surface area contributed by atoms with Gasteiger partial charge < -0.3 is 15.8 Å². The Bertz CT molecular complexity index is 476. The second-order valence-electron chi connectivity index (χ2n) is 5.37. The van der Waals surface area contributed by atoms with Crippen molar-refractivity contribution in [1.29, 1.82) is 0 Å². The lowest BCUT2D eigenvalue weighted by Crippen LogP contribution is -2.46. The molecule has 0 aliphatic carbocycles. The highest BCUT2D eigenvalue weighted by atomic mass is 16.5.